The van der Waals surface area contributed by atoms with E-state index in [0.717, 1.165) is 30.3 Å². The first-order valence-corrected chi connectivity index (χ1v) is 6.79. The maximum absolute atomic E-state index is 11.5. The second kappa shape index (κ2) is 5.46. The molecule has 1 saturated heterocycles. The molecule has 2 aromatic rings. The van der Waals surface area contributed by atoms with Crippen molar-refractivity contribution >= 4 is 16.8 Å². The number of para-hydroxylation sites is 1. The van der Waals surface area contributed by atoms with E-state index in [4.69, 9.17) is 10.5 Å². The SMILES string of the molecule is NC(=O)c1cnc2ccccc2c1OCC1CCCN1. The monoisotopic (exact) mass is 271 g/mol. The third-order valence-electron chi connectivity index (χ3n) is 3.58. The summed E-state index contributed by atoms with van der Waals surface area (Å²) in [5, 5.41) is 4.19. The zero-order chi connectivity index (χ0) is 13.9. The number of nitrogens with zero attached hydrogens (tertiary/aromatic N) is 1. The van der Waals surface area contributed by atoms with Crippen LogP contribution in [-0.2, 0) is 0 Å². The Labute approximate surface area is 117 Å². The van der Waals surface area contributed by atoms with Gasteiger partial charge < -0.3 is 15.8 Å². The zero-order valence-electron chi connectivity index (χ0n) is 11.1. The van der Waals surface area contributed by atoms with E-state index in [1.165, 1.54) is 6.20 Å². The molecule has 20 heavy (non-hydrogen) atoms. The van der Waals surface area contributed by atoms with Crippen LogP contribution in [0.15, 0.2) is 30.5 Å². The van der Waals surface area contributed by atoms with Crippen LogP contribution in [0.25, 0.3) is 10.9 Å². The fraction of sp³-hybridized carbons (Fsp3) is 0.333. The fourth-order valence-corrected chi connectivity index (χ4v) is 2.53. The predicted octanol–water partition coefficient (Wildman–Crippen LogP) is 1.46. The van der Waals surface area contributed by atoms with Gasteiger partial charge in [-0.15, -0.1) is 0 Å². The molecule has 0 spiro atoms. The number of ether oxygens (including phenoxy) is 1. The molecule has 3 rings (SSSR count). The van der Waals surface area contributed by atoms with Crippen molar-refractivity contribution in [1.29, 1.82) is 0 Å². The van der Waals surface area contributed by atoms with Crippen LogP contribution in [-0.4, -0.2) is 30.1 Å². The molecule has 3 N–H and O–H groups in total. The van der Waals surface area contributed by atoms with E-state index in [2.05, 4.69) is 10.3 Å². The van der Waals surface area contributed by atoms with Crippen molar-refractivity contribution in [3.8, 4) is 5.75 Å². The third kappa shape index (κ3) is 2.44. The van der Waals surface area contributed by atoms with Gasteiger partial charge in [0.2, 0.25) is 0 Å². The number of primary amides is 1. The van der Waals surface area contributed by atoms with Crippen molar-refractivity contribution in [3.63, 3.8) is 0 Å². The Balaban J connectivity index is 1.96. The third-order valence-corrected chi connectivity index (χ3v) is 3.58. The standard InChI is InChI=1S/C15H17N3O2/c16-15(19)12-8-18-13-6-2-1-5-11(13)14(12)20-9-10-4-3-7-17-10/h1-2,5-6,8,10,17H,3-4,7,9H2,(H2,16,19). The number of fused-ring (bicyclic) bond motifs is 1. The molecule has 0 radical (unpaired) electrons. The number of hydrogen-bond acceptors (Lipinski definition) is 4. The van der Waals surface area contributed by atoms with E-state index in [9.17, 15) is 4.79 Å². The smallest absolute Gasteiger partial charge is 0.254 e. The van der Waals surface area contributed by atoms with E-state index in [1.54, 1.807) is 0 Å². The Bertz CT molecular complexity index is 636. The van der Waals surface area contributed by atoms with Gasteiger partial charge in [0.15, 0.2) is 0 Å². The van der Waals surface area contributed by atoms with Crippen molar-refractivity contribution in [2.75, 3.05) is 13.2 Å². The van der Waals surface area contributed by atoms with Crippen LogP contribution in [0.4, 0.5) is 0 Å². The topological polar surface area (TPSA) is 77.2 Å². The Hall–Kier alpha value is -2.14. The molecule has 5 nitrogen and oxygen atoms in total. The number of amides is 1. The molecule has 1 fully saturated rings. The lowest BCUT2D eigenvalue weighted by molar-refractivity contribution is 0.0996. The minimum Gasteiger partial charge on any atom is -0.490 e. The Kier molecular flexibility index (Phi) is 3.52. The quantitative estimate of drug-likeness (QED) is 0.882. The molecule has 1 atom stereocenters. The first kappa shape index (κ1) is 12.9. The molecular formula is C15H17N3O2. The molecular weight excluding hydrogens is 254 g/mol. The van der Waals surface area contributed by atoms with Crippen LogP contribution >= 0.6 is 0 Å². The van der Waals surface area contributed by atoms with E-state index in [-0.39, 0.29) is 0 Å². The number of carbonyl (C=O) groups is 1. The molecule has 0 saturated carbocycles. The van der Waals surface area contributed by atoms with Gasteiger partial charge in [-0.3, -0.25) is 9.78 Å². The summed E-state index contributed by atoms with van der Waals surface area (Å²) in [6.07, 6.45) is 3.74. The van der Waals surface area contributed by atoms with E-state index in [0.29, 0.717) is 24.0 Å². The first-order valence-electron chi connectivity index (χ1n) is 6.79. The van der Waals surface area contributed by atoms with E-state index < -0.39 is 5.91 Å². The molecule has 104 valence electrons. The number of nitrogens with two attached hydrogens (primary N) is 1. The van der Waals surface area contributed by atoms with Gasteiger partial charge in [0.25, 0.3) is 5.91 Å². The molecule has 0 aliphatic carbocycles. The summed E-state index contributed by atoms with van der Waals surface area (Å²) in [6, 6.07) is 7.92. The van der Waals surface area contributed by atoms with Gasteiger partial charge in [-0.25, -0.2) is 0 Å². The maximum atomic E-state index is 11.5. The highest BCUT2D eigenvalue weighted by Gasteiger charge is 2.18. The molecule has 1 aliphatic rings. The lowest BCUT2D eigenvalue weighted by Gasteiger charge is -2.15. The lowest BCUT2D eigenvalue weighted by Crippen LogP contribution is -2.28. The largest absolute Gasteiger partial charge is 0.490 e. The zero-order valence-corrected chi connectivity index (χ0v) is 11.1. The predicted molar refractivity (Wildman–Crippen MR) is 76.8 cm³/mol. The van der Waals surface area contributed by atoms with Gasteiger partial charge in [-0.2, -0.15) is 0 Å². The molecule has 1 unspecified atom stereocenters. The van der Waals surface area contributed by atoms with Crippen molar-refractivity contribution in [2.24, 2.45) is 5.73 Å². The second-order valence-corrected chi connectivity index (χ2v) is 4.99. The van der Waals surface area contributed by atoms with Gasteiger partial charge in [0, 0.05) is 17.6 Å². The molecule has 1 aromatic heterocycles. The fourth-order valence-electron chi connectivity index (χ4n) is 2.53. The van der Waals surface area contributed by atoms with Crippen LogP contribution < -0.4 is 15.8 Å². The number of hydrogen-bond donors (Lipinski definition) is 2. The average molecular weight is 271 g/mol. The van der Waals surface area contributed by atoms with Crippen molar-refractivity contribution in [3.05, 3.63) is 36.0 Å². The van der Waals surface area contributed by atoms with Gasteiger partial charge >= 0.3 is 0 Å². The van der Waals surface area contributed by atoms with Gasteiger partial charge in [0.1, 0.15) is 17.9 Å². The molecule has 1 aromatic carbocycles. The summed E-state index contributed by atoms with van der Waals surface area (Å²) in [7, 11) is 0. The Morgan fingerprint density at radius 1 is 1.45 bits per heavy atom. The van der Waals surface area contributed by atoms with E-state index >= 15 is 0 Å². The summed E-state index contributed by atoms with van der Waals surface area (Å²) in [6.45, 7) is 1.56. The number of benzene rings is 1. The second-order valence-electron chi connectivity index (χ2n) is 4.99. The van der Waals surface area contributed by atoms with Crippen molar-refractivity contribution < 1.29 is 9.53 Å². The minimum atomic E-state index is -0.516. The Morgan fingerprint density at radius 2 is 2.30 bits per heavy atom. The van der Waals surface area contributed by atoms with Crippen LogP contribution in [0.3, 0.4) is 0 Å². The van der Waals surface area contributed by atoms with Crippen LogP contribution in [0.1, 0.15) is 23.2 Å². The van der Waals surface area contributed by atoms with Gasteiger partial charge in [-0.05, 0) is 31.5 Å². The molecule has 0 bridgehead atoms. The maximum Gasteiger partial charge on any atom is 0.254 e. The van der Waals surface area contributed by atoms with Crippen LogP contribution in [0.5, 0.6) is 5.75 Å². The number of carbonyl (C=O) groups excluding carboxylic acids is 1. The van der Waals surface area contributed by atoms with E-state index in [1.807, 2.05) is 24.3 Å². The lowest BCUT2D eigenvalue weighted by atomic mass is 10.1. The molecule has 1 aliphatic heterocycles. The summed E-state index contributed by atoms with van der Waals surface area (Å²) in [5.41, 5.74) is 6.55. The average Bonchev–Trinajstić information content (AvgIpc) is 2.97. The molecule has 5 heteroatoms. The summed E-state index contributed by atoms with van der Waals surface area (Å²) >= 11 is 0. The summed E-state index contributed by atoms with van der Waals surface area (Å²) < 4.78 is 5.89. The highest BCUT2D eigenvalue weighted by Crippen LogP contribution is 2.28. The van der Waals surface area contributed by atoms with Crippen LogP contribution in [0, 0.1) is 0 Å². The van der Waals surface area contributed by atoms with Gasteiger partial charge in [0.05, 0.1) is 5.52 Å². The summed E-state index contributed by atoms with van der Waals surface area (Å²) in [4.78, 5) is 15.8. The molecule has 1 amide bonds. The number of rotatable bonds is 4. The number of aromatic nitrogens is 1. The van der Waals surface area contributed by atoms with Crippen LogP contribution in [0.2, 0.25) is 0 Å². The highest BCUT2D eigenvalue weighted by atomic mass is 16.5. The first-order chi connectivity index (χ1) is 9.75. The molecule has 2 heterocycles. The minimum absolute atomic E-state index is 0.335. The summed E-state index contributed by atoms with van der Waals surface area (Å²) in [5.74, 6) is 0.0226. The normalized spacial score (nSPS) is 18.3. The van der Waals surface area contributed by atoms with Gasteiger partial charge in [-0.1, -0.05) is 12.1 Å². The number of nitrogens with one attached hydrogen (secondary N) is 1. The Morgan fingerprint density at radius 3 is 3.05 bits per heavy atom. The number of pyridine rings is 1. The van der Waals surface area contributed by atoms with Crippen molar-refractivity contribution in [1.82, 2.24) is 10.3 Å². The highest BCUT2D eigenvalue weighted by molar-refractivity contribution is 6.01. The van der Waals surface area contributed by atoms with Crippen molar-refractivity contribution in [2.45, 2.75) is 18.9 Å².